The quantitative estimate of drug-likeness (QED) is 0.782. The Hall–Kier alpha value is -2.21. The third kappa shape index (κ3) is 3.46. The van der Waals surface area contributed by atoms with Crippen molar-refractivity contribution in [2.45, 2.75) is 49.7 Å². The Morgan fingerprint density at radius 3 is 2.39 bits per heavy atom. The van der Waals surface area contributed by atoms with Gasteiger partial charge in [-0.1, -0.05) is 48.5 Å². The van der Waals surface area contributed by atoms with Crippen molar-refractivity contribution >= 4 is 5.91 Å². The second-order valence-corrected chi connectivity index (χ2v) is 7.73. The molecule has 148 valence electrons. The van der Waals surface area contributed by atoms with Crippen LogP contribution < -0.4 is 5.32 Å². The summed E-state index contributed by atoms with van der Waals surface area (Å²) < 4.78 is 11.9. The standard InChI is InChI=1S/C23H28N2O3/c1-27-21-20-14-13-19(25(20)16-17-9-5-3-6-10-17)15-23(21,28-2)24-22(26)18-11-7-4-8-12-18/h3-12,19-21H,13-16H2,1-2H3,(H,24,26). The number of amides is 1. The number of benzene rings is 2. The number of methoxy groups -OCH3 is 2. The van der Waals surface area contributed by atoms with Crippen molar-refractivity contribution in [1.82, 2.24) is 10.2 Å². The van der Waals surface area contributed by atoms with Crippen LogP contribution in [0.15, 0.2) is 60.7 Å². The molecule has 2 heterocycles. The highest BCUT2D eigenvalue weighted by Crippen LogP contribution is 2.43. The second kappa shape index (κ2) is 8.03. The highest BCUT2D eigenvalue weighted by molar-refractivity contribution is 5.94. The topological polar surface area (TPSA) is 50.8 Å². The highest BCUT2D eigenvalue weighted by atomic mass is 16.6. The fourth-order valence-electron chi connectivity index (χ4n) is 4.90. The van der Waals surface area contributed by atoms with E-state index in [1.54, 1.807) is 14.2 Å². The molecule has 1 N–H and O–H groups in total. The number of piperidine rings is 1. The number of rotatable bonds is 6. The van der Waals surface area contributed by atoms with Gasteiger partial charge < -0.3 is 14.8 Å². The number of hydrogen-bond donors (Lipinski definition) is 1. The third-order valence-corrected chi connectivity index (χ3v) is 6.23. The molecule has 2 saturated heterocycles. The first-order valence-electron chi connectivity index (χ1n) is 9.92. The molecule has 2 bridgehead atoms. The lowest BCUT2D eigenvalue weighted by molar-refractivity contribution is -0.187. The minimum absolute atomic E-state index is 0.125. The van der Waals surface area contributed by atoms with Gasteiger partial charge in [0.15, 0.2) is 5.72 Å². The van der Waals surface area contributed by atoms with E-state index in [1.807, 2.05) is 36.4 Å². The van der Waals surface area contributed by atoms with Gasteiger partial charge in [-0.25, -0.2) is 0 Å². The summed E-state index contributed by atoms with van der Waals surface area (Å²) in [6, 6.07) is 20.4. The molecule has 5 heteroatoms. The summed E-state index contributed by atoms with van der Waals surface area (Å²) in [5, 5.41) is 3.17. The number of fused-ring (bicyclic) bond motifs is 2. The minimum atomic E-state index is -0.819. The summed E-state index contributed by atoms with van der Waals surface area (Å²) in [4.78, 5) is 15.4. The van der Waals surface area contributed by atoms with Gasteiger partial charge in [-0.3, -0.25) is 9.69 Å². The maximum atomic E-state index is 12.9. The molecule has 0 spiro atoms. The van der Waals surface area contributed by atoms with Crippen LogP contribution in [0.25, 0.3) is 0 Å². The van der Waals surface area contributed by atoms with Crippen molar-refractivity contribution in [1.29, 1.82) is 0 Å². The molecule has 2 fully saturated rings. The van der Waals surface area contributed by atoms with Gasteiger partial charge in [-0.15, -0.1) is 0 Å². The molecule has 0 aromatic heterocycles. The summed E-state index contributed by atoms with van der Waals surface area (Å²) in [7, 11) is 3.38. The van der Waals surface area contributed by atoms with Gasteiger partial charge in [0.05, 0.1) is 0 Å². The first-order chi connectivity index (χ1) is 13.7. The monoisotopic (exact) mass is 380 g/mol. The van der Waals surface area contributed by atoms with E-state index in [0.717, 1.165) is 19.4 Å². The largest absolute Gasteiger partial charge is 0.375 e. The van der Waals surface area contributed by atoms with Crippen molar-refractivity contribution in [3.8, 4) is 0 Å². The zero-order valence-electron chi connectivity index (χ0n) is 16.5. The molecule has 4 atom stereocenters. The van der Waals surface area contributed by atoms with Gasteiger partial charge in [0, 0.05) is 44.8 Å². The molecule has 28 heavy (non-hydrogen) atoms. The van der Waals surface area contributed by atoms with Gasteiger partial charge in [0.1, 0.15) is 6.10 Å². The van der Waals surface area contributed by atoms with E-state index in [2.05, 4.69) is 34.5 Å². The van der Waals surface area contributed by atoms with Crippen LogP contribution in [-0.4, -0.2) is 48.9 Å². The van der Waals surface area contributed by atoms with E-state index in [4.69, 9.17) is 9.47 Å². The molecule has 2 aromatic rings. The van der Waals surface area contributed by atoms with E-state index in [9.17, 15) is 4.79 Å². The number of nitrogens with zero attached hydrogens (tertiary/aromatic N) is 1. The summed E-state index contributed by atoms with van der Waals surface area (Å²) in [5.74, 6) is -0.125. The van der Waals surface area contributed by atoms with Crippen LogP contribution in [0.3, 0.4) is 0 Å². The van der Waals surface area contributed by atoms with Crippen molar-refractivity contribution in [2.24, 2.45) is 0 Å². The Balaban J connectivity index is 1.57. The lowest BCUT2D eigenvalue weighted by atomic mass is 9.89. The van der Waals surface area contributed by atoms with Crippen molar-refractivity contribution in [3.63, 3.8) is 0 Å². The number of carbonyl (C=O) groups is 1. The molecule has 0 saturated carbocycles. The van der Waals surface area contributed by atoms with E-state index in [-0.39, 0.29) is 18.1 Å². The summed E-state index contributed by atoms with van der Waals surface area (Å²) in [5.41, 5.74) is 1.11. The zero-order chi connectivity index (χ0) is 19.6. The fourth-order valence-corrected chi connectivity index (χ4v) is 4.90. The van der Waals surface area contributed by atoms with E-state index >= 15 is 0 Å². The normalized spacial score (nSPS) is 29.6. The van der Waals surface area contributed by atoms with Gasteiger partial charge >= 0.3 is 0 Å². The van der Waals surface area contributed by atoms with Crippen molar-refractivity contribution in [3.05, 3.63) is 71.8 Å². The molecule has 4 rings (SSSR count). The Morgan fingerprint density at radius 2 is 1.75 bits per heavy atom. The number of nitrogens with one attached hydrogen (secondary N) is 1. The first-order valence-corrected chi connectivity index (χ1v) is 9.92. The maximum Gasteiger partial charge on any atom is 0.253 e. The summed E-state index contributed by atoms with van der Waals surface area (Å²) >= 11 is 0. The molecular weight excluding hydrogens is 352 g/mol. The number of carbonyl (C=O) groups excluding carboxylic acids is 1. The molecule has 2 aromatic carbocycles. The van der Waals surface area contributed by atoms with E-state index < -0.39 is 5.72 Å². The Morgan fingerprint density at radius 1 is 1.07 bits per heavy atom. The third-order valence-electron chi connectivity index (χ3n) is 6.23. The Bertz CT molecular complexity index is 798. The van der Waals surface area contributed by atoms with Crippen LogP contribution in [0.4, 0.5) is 0 Å². The van der Waals surface area contributed by atoms with Crippen LogP contribution in [-0.2, 0) is 16.0 Å². The molecule has 2 aliphatic rings. The van der Waals surface area contributed by atoms with E-state index in [1.165, 1.54) is 5.56 Å². The second-order valence-electron chi connectivity index (χ2n) is 7.73. The van der Waals surface area contributed by atoms with Gasteiger partial charge in [0.25, 0.3) is 5.91 Å². The van der Waals surface area contributed by atoms with Gasteiger partial charge in [-0.05, 0) is 30.5 Å². The molecule has 1 amide bonds. The van der Waals surface area contributed by atoms with Gasteiger partial charge in [-0.2, -0.15) is 0 Å². The lowest BCUT2D eigenvalue weighted by Gasteiger charge is -2.50. The van der Waals surface area contributed by atoms with Crippen LogP contribution in [0.1, 0.15) is 35.2 Å². The molecule has 4 unspecified atom stereocenters. The minimum Gasteiger partial charge on any atom is -0.375 e. The maximum absolute atomic E-state index is 12.9. The van der Waals surface area contributed by atoms with Crippen LogP contribution in [0, 0.1) is 0 Å². The lowest BCUT2D eigenvalue weighted by Crippen LogP contribution is -2.69. The first kappa shape index (κ1) is 19.1. The molecule has 0 radical (unpaired) electrons. The molecule has 0 aliphatic carbocycles. The van der Waals surface area contributed by atoms with Crippen molar-refractivity contribution in [2.75, 3.05) is 14.2 Å². The van der Waals surface area contributed by atoms with Gasteiger partial charge in [0.2, 0.25) is 0 Å². The number of hydrogen-bond acceptors (Lipinski definition) is 4. The fraction of sp³-hybridized carbons (Fsp3) is 0.435. The predicted octanol–water partition coefficient (Wildman–Crippen LogP) is 3.21. The molecule has 5 nitrogen and oxygen atoms in total. The zero-order valence-corrected chi connectivity index (χ0v) is 16.5. The Labute approximate surface area is 166 Å². The van der Waals surface area contributed by atoms with Crippen molar-refractivity contribution < 1.29 is 14.3 Å². The van der Waals surface area contributed by atoms with Crippen LogP contribution in [0.2, 0.25) is 0 Å². The average Bonchev–Trinajstić information content (AvgIpc) is 3.02. The van der Waals surface area contributed by atoms with Crippen LogP contribution >= 0.6 is 0 Å². The molecular formula is C23H28N2O3. The SMILES string of the molecule is COC1C2CCC(CC1(NC(=O)c1ccccc1)OC)N2Cc1ccccc1. The molecule has 2 aliphatic heterocycles. The Kier molecular flexibility index (Phi) is 5.49. The van der Waals surface area contributed by atoms with E-state index in [0.29, 0.717) is 18.0 Å². The average molecular weight is 380 g/mol. The summed E-state index contributed by atoms with van der Waals surface area (Å²) in [6.45, 7) is 0.891. The highest BCUT2D eigenvalue weighted by Gasteiger charge is 2.56. The number of ether oxygens (including phenoxy) is 2. The van der Waals surface area contributed by atoms with Crippen LogP contribution in [0.5, 0.6) is 0 Å². The predicted molar refractivity (Wildman–Crippen MR) is 108 cm³/mol. The summed E-state index contributed by atoms with van der Waals surface area (Å²) in [6.07, 6.45) is 2.61. The smallest absolute Gasteiger partial charge is 0.253 e.